The van der Waals surface area contributed by atoms with Gasteiger partial charge in [-0.2, -0.15) is 0 Å². The Kier molecular flexibility index (Phi) is 6.67. The van der Waals surface area contributed by atoms with Crippen molar-refractivity contribution < 1.29 is 16.1 Å². The molecule has 1 aliphatic rings. The van der Waals surface area contributed by atoms with Crippen LogP contribution in [0.2, 0.25) is 5.02 Å². The maximum Gasteiger partial charge on any atom is 0.263 e. The van der Waals surface area contributed by atoms with Crippen molar-refractivity contribution in [1.29, 1.82) is 0 Å². The fourth-order valence-electron chi connectivity index (χ4n) is 4.62. The molecule has 5 rings (SSSR count). The lowest BCUT2D eigenvalue weighted by atomic mass is 10.1. The van der Waals surface area contributed by atoms with E-state index in [1.165, 1.54) is 11.3 Å². The molecular formula is C25H30ClN5O3S2. The van der Waals surface area contributed by atoms with Crippen LogP contribution in [0.15, 0.2) is 71.2 Å². The number of rotatable bonds is 6. The number of halogens is 1. The number of hydrogen-bond donors (Lipinski definition) is 1. The van der Waals surface area contributed by atoms with Gasteiger partial charge in [-0.15, -0.1) is 11.3 Å². The maximum atomic E-state index is 13.4. The van der Waals surface area contributed by atoms with Crippen molar-refractivity contribution >= 4 is 60.6 Å². The molecule has 192 valence electrons. The number of amides is 1. The van der Waals surface area contributed by atoms with Crippen molar-refractivity contribution in [2.24, 2.45) is 0 Å². The minimum Gasteiger partial charge on any atom is -0.368 e. The Labute approximate surface area is 222 Å². The van der Waals surface area contributed by atoms with Gasteiger partial charge in [-0.1, -0.05) is 17.7 Å². The summed E-state index contributed by atoms with van der Waals surface area (Å²) in [6.45, 7) is 5.85. The zero-order valence-corrected chi connectivity index (χ0v) is 22.2. The third-order valence-electron chi connectivity index (χ3n) is 6.54. The van der Waals surface area contributed by atoms with Gasteiger partial charge in [-0.3, -0.25) is 9.52 Å². The molecule has 1 N–H and O–H groups in total. The van der Waals surface area contributed by atoms with Gasteiger partial charge in [0.15, 0.2) is 5.13 Å². The van der Waals surface area contributed by atoms with Gasteiger partial charge < -0.3 is 14.4 Å². The Hall–Kier alpha value is -3.08. The molecule has 0 saturated carbocycles. The van der Waals surface area contributed by atoms with Gasteiger partial charge in [0.25, 0.3) is 10.0 Å². The molecule has 2 aromatic carbocycles. The van der Waals surface area contributed by atoms with Crippen LogP contribution in [0, 0.1) is 0 Å². The van der Waals surface area contributed by atoms with Crippen LogP contribution >= 0.6 is 22.9 Å². The second-order valence-electron chi connectivity index (χ2n) is 8.87. The Morgan fingerprint density at radius 2 is 1.97 bits per heavy atom. The monoisotopic (exact) mass is 547 g/mol. The highest BCUT2D eigenvalue weighted by Gasteiger charge is 2.31. The smallest absolute Gasteiger partial charge is 0.263 e. The van der Waals surface area contributed by atoms with Crippen LogP contribution in [0.25, 0.3) is 10.9 Å². The summed E-state index contributed by atoms with van der Waals surface area (Å²) in [5.74, 6) is 0.0642. The average Bonchev–Trinajstić information content (AvgIpc) is 3.52. The van der Waals surface area contributed by atoms with Gasteiger partial charge in [-0.05, 0) is 61.7 Å². The second-order valence-corrected chi connectivity index (χ2v) is 11.9. The van der Waals surface area contributed by atoms with E-state index in [2.05, 4.69) is 14.6 Å². The minimum atomic E-state index is -3.70. The Balaban J connectivity index is 0.00000200. The number of nitrogens with one attached hydrogen (secondary N) is 1. The second kappa shape index (κ2) is 9.76. The molecule has 0 aliphatic carbocycles. The quantitative estimate of drug-likeness (QED) is 0.352. The number of nitrogens with zero attached hydrogens (tertiary/aromatic N) is 4. The van der Waals surface area contributed by atoms with Gasteiger partial charge in [0.05, 0.1) is 10.4 Å². The zero-order chi connectivity index (χ0) is 25.4. The molecule has 0 spiro atoms. The highest BCUT2D eigenvalue weighted by Crippen LogP contribution is 2.27. The normalized spacial score (nSPS) is 17.4. The molecule has 1 saturated heterocycles. The fourth-order valence-corrected chi connectivity index (χ4v) is 6.58. The number of sulfonamides is 1. The third-order valence-corrected chi connectivity index (χ3v) is 8.94. The first-order valence-electron chi connectivity index (χ1n) is 11.6. The topological polar surface area (TPSA) is 87.5 Å². The number of carbonyl (C=O) groups excluding carboxylic acids is 1. The van der Waals surface area contributed by atoms with E-state index in [9.17, 15) is 13.2 Å². The maximum absolute atomic E-state index is 13.4. The zero-order valence-electron chi connectivity index (χ0n) is 19.8. The van der Waals surface area contributed by atoms with E-state index in [4.69, 9.17) is 11.6 Å². The van der Waals surface area contributed by atoms with E-state index in [1.807, 2.05) is 53.8 Å². The van der Waals surface area contributed by atoms with E-state index < -0.39 is 10.0 Å². The molecule has 11 heteroatoms. The van der Waals surface area contributed by atoms with Gasteiger partial charge in [0, 0.05) is 57.0 Å². The summed E-state index contributed by atoms with van der Waals surface area (Å²) in [4.78, 5) is 21.7. The van der Waals surface area contributed by atoms with Crippen LogP contribution in [-0.2, 0) is 14.8 Å². The van der Waals surface area contributed by atoms with Crippen LogP contribution < -0.4 is 9.62 Å². The Morgan fingerprint density at radius 1 is 1.19 bits per heavy atom. The lowest BCUT2D eigenvalue weighted by Crippen LogP contribution is -2.55. The summed E-state index contributed by atoms with van der Waals surface area (Å²) < 4.78 is 29.7. The number of aromatic nitrogens is 2. The first-order valence-corrected chi connectivity index (χ1v) is 14.3. The average molecular weight is 548 g/mol. The first-order chi connectivity index (χ1) is 17.2. The van der Waals surface area contributed by atoms with E-state index in [-0.39, 0.29) is 25.7 Å². The number of hydrogen-bond acceptors (Lipinski definition) is 6. The molecule has 0 radical (unpaired) electrons. The summed E-state index contributed by atoms with van der Waals surface area (Å²) in [5, 5.41) is 3.73. The standard InChI is InChI=1S/C25H26ClN5O3S2.2H2/c1-17-16-29(21-5-7-22(8-6-21)36(33,34)28-25-27-10-14-35-25)12-13-30(17)24(32)18(2)31-11-9-19-3-4-20(26)15-23(19)31;;/h3-11,14-15,17-18H,12-13,16H2,1-2H3,(H,27,28);2*1H/t17-,18-;;/m0../s1. The number of carbonyl (C=O) groups is 1. The van der Waals surface area contributed by atoms with Gasteiger partial charge in [-0.25, -0.2) is 13.4 Å². The van der Waals surface area contributed by atoms with Crippen molar-refractivity contribution in [3.8, 4) is 0 Å². The van der Waals surface area contributed by atoms with E-state index in [0.29, 0.717) is 29.8 Å². The number of thiazole rings is 1. The minimum absolute atomic E-state index is 0. The summed E-state index contributed by atoms with van der Waals surface area (Å²) in [7, 11) is -3.70. The molecule has 1 amide bonds. The van der Waals surface area contributed by atoms with Crippen LogP contribution in [0.5, 0.6) is 0 Å². The summed E-state index contributed by atoms with van der Waals surface area (Å²) in [6.07, 6.45) is 3.48. The van der Waals surface area contributed by atoms with Crippen molar-refractivity contribution in [2.75, 3.05) is 29.3 Å². The number of fused-ring (bicyclic) bond motifs is 1. The predicted molar refractivity (Wildman–Crippen MR) is 149 cm³/mol. The van der Waals surface area contributed by atoms with Crippen LogP contribution in [0.4, 0.5) is 10.8 Å². The molecule has 0 bridgehead atoms. The largest absolute Gasteiger partial charge is 0.368 e. The van der Waals surface area contributed by atoms with Crippen molar-refractivity contribution in [3.63, 3.8) is 0 Å². The Bertz CT molecular complexity index is 1500. The number of anilines is 2. The molecule has 1 aliphatic heterocycles. The molecule has 0 unspecified atom stereocenters. The van der Waals surface area contributed by atoms with E-state index >= 15 is 0 Å². The molecule has 4 aromatic rings. The first kappa shape index (κ1) is 24.6. The molecule has 1 fully saturated rings. The molecule has 2 atom stereocenters. The van der Waals surface area contributed by atoms with Crippen LogP contribution in [0.3, 0.4) is 0 Å². The third kappa shape index (κ3) is 4.80. The van der Waals surface area contributed by atoms with E-state index in [1.54, 1.807) is 35.8 Å². The molecule has 8 nitrogen and oxygen atoms in total. The SMILES string of the molecule is C[C@H]1CN(c2ccc(S(=O)(=O)Nc3nccs3)cc2)CCN1C(=O)[C@H](C)n1ccc2ccc(Cl)cc21.[HH].[HH]. The number of benzene rings is 2. The molecule has 36 heavy (non-hydrogen) atoms. The summed E-state index contributed by atoms with van der Waals surface area (Å²) in [5.41, 5.74) is 1.86. The van der Waals surface area contributed by atoms with Crippen LogP contribution in [-0.4, -0.2) is 54.5 Å². The number of piperazine rings is 1. The van der Waals surface area contributed by atoms with Crippen molar-refractivity contribution in [2.45, 2.75) is 30.8 Å². The van der Waals surface area contributed by atoms with Gasteiger partial charge in [0.2, 0.25) is 5.91 Å². The lowest BCUT2D eigenvalue weighted by Gasteiger charge is -2.42. The fraction of sp³-hybridized carbons (Fsp3) is 0.280. The van der Waals surface area contributed by atoms with Crippen molar-refractivity contribution in [3.05, 3.63) is 71.3 Å². The van der Waals surface area contributed by atoms with Gasteiger partial charge in [0.1, 0.15) is 6.04 Å². The van der Waals surface area contributed by atoms with Crippen molar-refractivity contribution in [1.82, 2.24) is 14.5 Å². The summed E-state index contributed by atoms with van der Waals surface area (Å²) in [6, 6.07) is 14.1. The molecule has 2 aromatic heterocycles. The molecule has 3 heterocycles. The van der Waals surface area contributed by atoms with E-state index in [0.717, 1.165) is 16.6 Å². The molecular weight excluding hydrogens is 518 g/mol. The highest BCUT2D eigenvalue weighted by atomic mass is 35.5. The lowest BCUT2D eigenvalue weighted by molar-refractivity contribution is -0.136. The van der Waals surface area contributed by atoms with Gasteiger partial charge >= 0.3 is 0 Å². The Morgan fingerprint density at radius 3 is 2.67 bits per heavy atom. The predicted octanol–water partition coefficient (Wildman–Crippen LogP) is 5.34. The highest BCUT2D eigenvalue weighted by molar-refractivity contribution is 7.93. The summed E-state index contributed by atoms with van der Waals surface area (Å²) >= 11 is 7.42. The van der Waals surface area contributed by atoms with Crippen LogP contribution in [0.1, 0.15) is 22.7 Å².